The first-order chi connectivity index (χ1) is 7.60. The molecule has 0 saturated carbocycles. The average molecular weight is 346 g/mol. The highest BCUT2D eigenvalue weighted by Gasteiger charge is 2.09. The SMILES string of the molecule is N#CC(C#N)=NNc1ccc(Br)c(Br)c1F. The Morgan fingerprint density at radius 1 is 1.31 bits per heavy atom. The van der Waals surface area contributed by atoms with Crippen LogP contribution in [0.5, 0.6) is 0 Å². The molecule has 1 rings (SSSR count). The predicted molar refractivity (Wildman–Crippen MR) is 64.1 cm³/mol. The van der Waals surface area contributed by atoms with Crippen molar-refractivity contribution in [1.29, 1.82) is 10.5 Å². The summed E-state index contributed by atoms with van der Waals surface area (Å²) in [5.74, 6) is -0.562. The van der Waals surface area contributed by atoms with Crippen molar-refractivity contribution in [3.05, 3.63) is 26.9 Å². The smallest absolute Gasteiger partial charge is 0.237 e. The second-order valence-electron chi connectivity index (χ2n) is 2.52. The van der Waals surface area contributed by atoms with Gasteiger partial charge < -0.3 is 0 Å². The molecule has 16 heavy (non-hydrogen) atoms. The van der Waals surface area contributed by atoms with Crippen LogP contribution in [0.15, 0.2) is 26.2 Å². The van der Waals surface area contributed by atoms with E-state index in [1.807, 2.05) is 0 Å². The first-order valence-corrected chi connectivity index (χ1v) is 5.46. The van der Waals surface area contributed by atoms with E-state index in [1.54, 1.807) is 18.2 Å². The molecule has 0 spiro atoms. The number of hydrazone groups is 1. The predicted octanol–water partition coefficient (Wildman–Crippen LogP) is 3.17. The second kappa shape index (κ2) is 5.59. The van der Waals surface area contributed by atoms with Gasteiger partial charge in [-0.05, 0) is 44.0 Å². The molecular formula is C9H3Br2FN4. The maximum Gasteiger partial charge on any atom is 0.237 e. The van der Waals surface area contributed by atoms with Gasteiger partial charge in [0.05, 0.1) is 10.2 Å². The molecule has 1 N–H and O–H groups in total. The molecule has 4 nitrogen and oxygen atoms in total. The summed E-state index contributed by atoms with van der Waals surface area (Å²) < 4.78 is 14.3. The van der Waals surface area contributed by atoms with E-state index in [-0.39, 0.29) is 15.9 Å². The summed E-state index contributed by atoms with van der Waals surface area (Å²) >= 11 is 6.16. The van der Waals surface area contributed by atoms with E-state index >= 15 is 0 Å². The Kier molecular flexibility index (Phi) is 4.41. The highest BCUT2D eigenvalue weighted by molar-refractivity contribution is 9.13. The van der Waals surface area contributed by atoms with Crippen LogP contribution >= 0.6 is 31.9 Å². The minimum atomic E-state index is -0.562. The lowest BCUT2D eigenvalue weighted by Gasteiger charge is -2.04. The van der Waals surface area contributed by atoms with Gasteiger partial charge in [-0.25, -0.2) is 4.39 Å². The van der Waals surface area contributed by atoms with E-state index in [1.165, 1.54) is 6.07 Å². The molecule has 0 radical (unpaired) electrons. The van der Waals surface area contributed by atoms with Gasteiger partial charge in [0.15, 0.2) is 5.82 Å². The average Bonchev–Trinajstić information content (AvgIpc) is 2.30. The first-order valence-electron chi connectivity index (χ1n) is 3.87. The van der Waals surface area contributed by atoms with Crippen LogP contribution in [0.4, 0.5) is 10.1 Å². The largest absolute Gasteiger partial charge is 0.273 e. The van der Waals surface area contributed by atoms with E-state index in [2.05, 4.69) is 42.4 Å². The zero-order chi connectivity index (χ0) is 12.1. The van der Waals surface area contributed by atoms with Crippen LogP contribution in [-0.2, 0) is 0 Å². The van der Waals surface area contributed by atoms with Crippen molar-refractivity contribution >= 4 is 43.3 Å². The lowest BCUT2D eigenvalue weighted by Crippen LogP contribution is -1.98. The number of anilines is 1. The highest BCUT2D eigenvalue weighted by atomic mass is 79.9. The van der Waals surface area contributed by atoms with E-state index in [9.17, 15) is 4.39 Å². The minimum absolute atomic E-state index is 0.0677. The third kappa shape index (κ3) is 2.78. The maximum atomic E-state index is 13.5. The number of hydrogen-bond donors (Lipinski definition) is 1. The van der Waals surface area contributed by atoms with Gasteiger partial charge in [0.1, 0.15) is 12.1 Å². The molecule has 1 aromatic carbocycles. The van der Waals surface area contributed by atoms with Gasteiger partial charge in [-0.3, -0.25) is 5.43 Å². The zero-order valence-corrected chi connectivity index (χ0v) is 10.8. The Morgan fingerprint density at radius 2 is 1.94 bits per heavy atom. The van der Waals surface area contributed by atoms with Crippen molar-refractivity contribution < 1.29 is 4.39 Å². The zero-order valence-electron chi connectivity index (χ0n) is 7.63. The monoisotopic (exact) mass is 344 g/mol. The topological polar surface area (TPSA) is 72.0 Å². The molecule has 0 fully saturated rings. The van der Waals surface area contributed by atoms with Crippen LogP contribution in [0.2, 0.25) is 0 Å². The Labute approximate surface area is 108 Å². The van der Waals surface area contributed by atoms with Gasteiger partial charge in [-0.2, -0.15) is 15.6 Å². The number of nitrogens with zero attached hydrogens (tertiary/aromatic N) is 3. The molecule has 0 atom stereocenters. The van der Waals surface area contributed by atoms with Crippen LogP contribution in [0.25, 0.3) is 0 Å². The molecule has 0 unspecified atom stereocenters. The number of hydrogen-bond acceptors (Lipinski definition) is 4. The normalized spacial score (nSPS) is 8.81. The van der Waals surface area contributed by atoms with E-state index < -0.39 is 5.82 Å². The van der Waals surface area contributed by atoms with Gasteiger partial charge in [0.25, 0.3) is 0 Å². The van der Waals surface area contributed by atoms with Crippen molar-refractivity contribution in [3.8, 4) is 12.1 Å². The van der Waals surface area contributed by atoms with Crippen LogP contribution in [0.1, 0.15) is 0 Å². The number of halogens is 3. The lowest BCUT2D eigenvalue weighted by atomic mass is 10.3. The number of nitrogens with one attached hydrogen (secondary N) is 1. The Hall–Kier alpha value is -1.44. The van der Waals surface area contributed by atoms with Crippen molar-refractivity contribution in [2.75, 3.05) is 5.43 Å². The van der Waals surface area contributed by atoms with Gasteiger partial charge in [-0.15, -0.1) is 0 Å². The van der Waals surface area contributed by atoms with Crippen LogP contribution in [0.3, 0.4) is 0 Å². The summed E-state index contributed by atoms with van der Waals surface area (Å²) in [5, 5.41) is 20.3. The molecule has 0 heterocycles. The summed E-state index contributed by atoms with van der Waals surface area (Å²) in [7, 11) is 0. The maximum absolute atomic E-state index is 13.5. The van der Waals surface area contributed by atoms with Crippen molar-refractivity contribution in [3.63, 3.8) is 0 Å². The molecule has 0 aliphatic heterocycles. The number of rotatable bonds is 2. The molecule has 0 amide bonds. The van der Waals surface area contributed by atoms with Crippen LogP contribution in [0, 0.1) is 28.5 Å². The molecule has 7 heteroatoms. The lowest BCUT2D eigenvalue weighted by molar-refractivity contribution is 0.623. The first kappa shape index (κ1) is 12.6. The molecule has 0 bridgehead atoms. The van der Waals surface area contributed by atoms with Crippen molar-refractivity contribution in [2.45, 2.75) is 0 Å². The molecule has 0 aliphatic carbocycles. The van der Waals surface area contributed by atoms with E-state index in [4.69, 9.17) is 10.5 Å². The fourth-order valence-corrected chi connectivity index (χ4v) is 1.46. The summed E-state index contributed by atoms with van der Waals surface area (Å²) in [6.07, 6.45) is 0. The number of benzene rings is 1. The van der Waals surface area contributed by atoms with Crippen molar-refractivity contribution in [1.82, 2.24) is 0 Å². The molecule has 0 saturated heterocycles. The summed E-state index contributed by atoms with van der Waals surface area (Å²) in [6, 6.07) is 6.13. The summed E-state index contributed by atoms with van der Waals surface area (Å²) in [5.41, 5.74) is 1.99. The Bertz CT molecular complexity index is 512. The number of nitriles is 2. The van der Waals surface area contributed by atoms with E-state index in [0.29, 0.717) is 4.47 Å². The van der Waals surface area contributed by atoms with Crippen LogP contribution < -0.4 is 5.43 Å². The third-order valence-corrected chi connectivity index (χ3v) is 3.50. The van der Waals surface area contributed by atoms with Crippen LogP contribution in [-0.4, -0.2) is 5.71 Å². The third-order valence-electron chi connectivity index (χ3n) is 1.54. The minimum Gasteiger partial charge on any atom is -0.273 e. The molecule has 0 aliphatic rings. The second-order valence-corrected chi connectivity index (χ2v) is 4.17. The summed E-state index contributed by atoms with van der Waals surface area (Å²) in [6.45, 7) is 0. The molecular weight excluding hydrogens is 343 g/mol. The fourth-order valence-electron chi connectivity index (χ4n) is 0.803. The van der Waals surface area contributed by atoms with Gasteiger partial charge in [0.2, 0.25) is 5.71 Å². The summed E-state index contributed by atoms with van der Waals surface area (Å²) in [4.78, 5) is 0. The Morgan fingerprint density at radius 3 is 2.50 bits per heavy atom. The van der Waals surface area contributed by atoms with E-state index in [0.717, 1.165) is 0 Å². The van der Waals surface area contributed by atoms with Gasteiger partial charge >= 0.3 is 0 Å². The molecule has 80 valence electrons. The molecule has 1 aromatic rings. The highest BCUT2D eigenvalue weighted by Crippen LogP contribution is 2.30. The molecule has 0 aromatic heterocycles. The Balaban J connectivity index is 3.02. The van der Waals surface area contributed by atoms with Crippen molar-refractivity contribution in [2.24, 2.45) is 5.10 Å². The fraction of sp³-hybridized carbons (Fsp3) is 0. The van der Waals surface area contributed by atoms with Gasteiger partial charge in [0, 0.05) is 4.47 Å². The quantitative estimate of drug-likeness (QED) is 0.508. The standard InChI is InChI=1S/C9H3Br2FN4/c10-6-1-2-7(9(12)8(6)11)16-15-5(3-13)4-14/h1-2,16H. The van der Waals surface area contributed by atoms with Gasteiger partial charge in [-0.1, -0.05) is 0 Å².